The van der Waals surface area contributed by atoms with Crippen LogP contribution in [0.4, 0.5) is 5.69 Å². The monoisotopic (exact) mass is 579 g/mol. The zero-order valence-electron chi connectivity index (χ0n) is 26.7. The molecule has 0 amide bonds. The standard InChI is InChI=1S/C44H37N/c1-26-21-35-32-17-10-6-13-28(32)22-37(35)41(27(26)2)45-42-40(43(3,4)5)25-36-33-18-11-8-15-30(33)24-39(36)44(42)20-12-19-34-31-16-9-7-14-29(31)23-38(34)44/h6-21,23-25,45H,22H2,1-5H3. The van der Waals surface area contributed by atoms with E-state index in [1.54, 1.807) is 0 Å². The molecular weight excluding hydrogens is 542 g/mol. The zero-order valence-corrected chi connectivity index (χ0v) is 26.7. The summed E-state index contributed by atoms with van der Waals surface area (Å²) in [5.74, 6) is 0. The first-order valence-electron chi connectivity index (χ1n) is 16.2. The van der Waals surface area contributed by atoms with E-state index >= 15 is 0 Å². The second-order valence-corrected chi connectivity index (χ2v) is 14.3. The summed E-state index contributed by atoms with van der Waals surface area (Å²) >= 11 is 0. The highest BCUT2D eigenvalue weighted by Gasteiger charge is 2.51. The van der Waals surface area contributed by atoms with Gasteiger partial charge in [-0.05, 0) is 121 Å². The molecule has 218 valence electrons. The van der Waals surface area contributed by atoms with Gasteiger partial charge in [0.15, 0.2) is 0 Å². The lowest BCUT2D eigenvalue weighted by molar-refractivity contribution is 0.496. The second kappa shape index (κ2) is 9.08. The van der Waals surface area contributed by atoms with Crippen molar-refractivity contribution in [1.82, 2.24) is 0 Å². The molecule has 1 nitrogen and oxygen atoms in total. The Kier molecular flexibility index (Phi) is 5.35. The van der Waals surface area contributed by atoms with Crippen LogP contribution < -0.4 is 5.32 Å². The van der Waals surface area contributed by atoms with Crippen LogP contribution in [0.1, 0.15) is 65.3 Å². The molecule has 0 aliphatic heterocycles. The molecule has 5 aliphatic carbocycles. The number of aryl methyl sites for hydroxylation is 1. The van der Waals surface area contributed by atoms with Crippen molar-refractivity contribution in [3.63, 3.8) is 0 Å². The number of allylic oxidation sites excluding steroid dienone is 7. The lowest BCUT2D eigenvalue weighted by atomic mass is 9.60. The van der Waals surface area contributed by atoms with Crippen LogP contribution in [0.5, 0.6) is 0 Å². The lowest BCUT2D eigenvalue weighted by Crippen LogP contribution is -2.36. The fourth-order valence-corrected chi connectivity index (χ4v) is 8.45. The van der Waals surface area contributed by atoms with Crippen LogP contribution in [0.25, 0.3) is 34.4 Å². The van der Waals surface area contributed by atoms with Crippen molar-refractivity contribution in [2.45, 2.75) is 41.0 Å². The third-order valence-electron chi connectivity index (χ3n) is 10.8. The van der Waals surface area contributed by atoms with E-state index in [0.29, 0.717) is 0 Å². The molecule has 0 saturated carbocycles. The van der Waals surface area contributed by atoms with Gasteiger partial charge in [0.1, 0.15) is 0 Å². The van der Waals surface area contributed by atoms with Crippen molar-refractivity contribution in [1.29, 1.82) is 0 Å². The van der Waals surface area contributed by atoms with E-state index in [2.05, 4.69) is 155 Å². The van der Waals surface area contributed by atoms with Gasteiger partial charge in [-0.25, -0.2) is 0 Å². The molecule has 5 aliphatic rings. The quantitative estimate of drug-likeness (QED) is 0.219. The van der Waals surface area contributed by atoms with Crippen molar-refractivity contribution in [3.8, 4) is 11.1 Å². The molecule has 45 heavy (non-hydrogen) atoms. The normalized spacial score (nSPS) is 20.0. The summed E-state index contributed by atoms with van der Waals surface area (Å²) in [6.45, 7) is 11.7. The maximum atomic E-state index is 4.30. The smallest absolute Gasteiger partial charge is 0.0801 e. The maximum absolute atomic E-state index is 4.30. The number of rotatable bonds is 2. The summed E-state index contributed by atoms with van der Waals surface area (Å²) in [6, 6.07) is 29.1. The third kappa shape index (κ3) is 3.56. The van der Waals surface area contributed by atoms with Gasteiger partial charge in [-0.15, -0.1) is 0 Å². The Morgan fingerprint density at radius 2 is 1.31 bits per heavy atom. The summed E-state index contributed by atoms with van der Waals surface area (Å²) in [7, 11) is 0. The van der Waals surface area contributed by atoms with Crippen LogP contribution in [-0.2, 0) is 6.42 Å². The van der Waals surface area contributed by atoms with Gasteiger partial charge in [0.25, 0.3) is 0 Å². The average Bonchev–Trinajstić information content (AvgIpc) is 3.72. The molecule has 1 spiro atoms. The Balaban J connectivity index is 1.35. The SMILES string of the molecule is Cc1cc2c(c(NC3=C(C(C)(C)C)C=C4C(=Cc5ccccc54)C34C=CC=C3C4=Cc4ccccc43)c1C)Cc1ccccc1-2. The molecule has 1 atom stereocenters. The lowest BCUT2D eigenvalue weighted by Gasteiger charge is -2.46. The first kappa shape index (κ1) is 26.5. The molecular formula is C44H37N. The number of hydrogen-bond donors (Lipinski definition) is 1. The maximum Gasteiger partial charge on any atom is 0.0801 e. The van der Waals surface area contributed by atoms with Gasteiger partial charge in [0.2, 0.25) is 0 Å². The molecule has 0 aromatic heterocycles. The number of benzene rings is 4. The highest BCUT2D eigenvalue weighted by Crippen LogP contribution is 2.64. The van der Waals surface area contributed by atoms with Gasteiger partial charge in [-0.1, -0.05) is 118 Å². The van der Waals surface area contributed by atoms with Crippen molar-refractivity contribution < 1.29 is 0 Å². The largest absolute Gasteiger partial charge is 0.357 e. The first-order valence-corrected chi connectivity index (χ1v) is 16.2. The number of hydrogen-bond acceptors (Lipinski definition) is 1. The molecule has 4 aromatic carbocycles. The molecule has 4 aromatic rings. The summed E-state index contributed by atoms with van der Waals surface area (Å²) < 4.78 is 0. The topological polar surface area (TPSA) is 12.0 Å². The number of nitrogens with one attached hydrogen (secondary N) is 1. The predicted molar refractivity (Wildman–Crippen MR) is 191 cm³/mol. The van der Waals surface area contributed by atoms with Crippen LogP contribution in [0.2, 0.25) is 0 Å². The van der Waals surface area contributed by atoms with E-state index < -0.39 is 5.41 Å². The fraction of sp³-hybridized carbons (Fsp3) is 0.182. The Bertz CT molecular complexity index is 2190. The Labute approximate surface area is 266 Å². The molecule has 1 unspecified atom stereocenters. The number of anilines is 1. The van der Waals surface area contributed by atoms with Crippen LogP contribution >= 0.6 is 0 Å². The van der Waals surface area contributed by atoms with Crippen molar-refractivity contribution in [2.75, 3.05) is 5.32 Å². The van der Waals surface area contributed by atoms with E-state index in [1.807, 2.05) is 0 Å². The Hall–Kier alpha value is -4.88. The second-order valence-electron chi connectivity index (χ2n) is 14.3. The molecule has 9 rings (SSSR count). The van der Waals surface area contributed by atoms with Gasteiger partial charge >= 0.3 is 0 Å². The Morgan fingerprint density at radius 3 is 2.02 bits per heavy atom. The zero-order chi connectivity index (χ0) is 30.7. The summed E-state index contributed by atoms with van der Waals surface area (Å²) in [6.07, 6.45) is 15.5. The minimum atomic E-state index is -0.469. The van der Waals surface area contributed by atoms with Gasteiger partial charge in [0.05, 0.1) is 5.41 Å². The minimum absolute atomic E-state index is 0.101. The van der Waals surface area contributed by atoms with E-state index in [0.717, 1.165) is 6.42 Å². The van der Waals surface area contributed by atoms with E-state index in [4.69, 9.17) is 0 Å². The van der Waals surface area contributed by atoms with Gasteiger partial charge in [0, 0.05) is 17.8 Å². The van der Waals surface area contributed by atoms with Crippen LogP contribution in [-0.4, -0.2) is 0 Å². The number of fused-ring (bicyclic) bond motifs is 11. The fourth-order valence-electron chi connectivity index (χ4n) is 8.45. The highest BCUT2D eigenvalue weighted by molar-refractivity contribution is 6.07. The minimum Gasteiger partial charge on any atom is -0.357 e. The van der Waals surface area contributed by atoms with Crippen LogP contribution in [0.3, 0.4) is 0 Å². The summed E-state index contributed by atoms with van der Waals surface area (Å²) in [5, 5.41) is 4.30. The third-order valence-corrected chi connectivity index (χ3v) is 10.8. The van der Waals surface area contributed by atoms with E-state index in [1.165, 1.54) is 94.9 Å². The molecule has 1 N–H and O–H groups in total. The van der Waals surface area contributed by atoms with Crippen LogP contribution in [0, 0.1) is 24.7 Å². The molecule has 0 heterocycles. The molecule has 0 radical (unpaired) electrons. The molecule has 0 bridgehead atoms. The van der Waals surface area contributed by atoms with E-state index in [9.17, 15) is 0 Å². The van der Waals surface area contributed by atoms with Gasteiger partial charge < -0.3 is 5.32 Å². The Morgan fingerprint density at radius 1 is 0.689 bits per heavy atom. The summed E-state index contributed by atoms with van der Waals surface area (Å²) in [5.41, 5.74) is 22.2. The average molecular weight is 580 g/mol. The summed E-state index contributed by atoms with van der Waals surface area (Å²) in [4.78, 5) is 0. The van der Waals surface area contributed by atoms with Gasteiger partial charge in [-0.3, -0.25) is 0 Å². The molecule has 1 heteroatoms. The van der Waals surface area contributed by atoms with Crippen LogP contribution in [0.15, 0.2) is 126 Å². The predicted octanol–water partition coefficient (Wildman–Crippen LogP) is 11.1. The van der Waals surface area contributed by atoms with E-state index in [-0.39, 0.29) is 5.41 Å². The first-order chi connectivity index (χ1) is 21.8. The van der Waals surface area contributed by atoms with Crippen molar-refractivity contribution >= 4 is 29.0 Å². The molecule has 0 saturated heterocycles. The van der Waals surface area contributed by atoms with Gasteiger partial charge in [-0.2, -0.15) is 0 Å². The van der Waals surface area contributed by atoms with Crippen molar-refractivity contribution in [3.05, 3.63) is 170 Å². The molecule has 0 fully saturated rings. The highest BCUT2D eigenvalue weighted by atomic mass is 14.9. The van der Waals surface area contributed by atoms with Crippen molar-refractivity contribution in [2.24, 2.45) is 10.8 Å².